The molecule has 2 aromatic rings. The van der Waals surface area contributed by atoms with Gasteiger partial charge in [-0.25, -0.2) is 22.7 Å². The van der Waals surface area contributed by atoms with Gasteiger partial charge in [-0.05, 0) is 30.7 Å². The van der Waals surface area contributed by atoms with E-state index >= 15 is 0 Å². The highest BCUT2D eigenvalue weighted by Gasteiger charge is 2.39. The molecular weight excluding hydrogens is 482 g/mol. The maximum absolute atomic E-state index is 13.5. The van der Waals surface area contributed by atoms with Gasteiger partial charge in [0.2, 0.25) is 10.0 Å². The molecule has 0 aromatic carbocycles. The number of hydrogen-bond donors (Lipinski definition) is 1. The topological polar surface area (TPSA) is 106 Å². The van der Waals surface area contributed by atoms with Gasteiger partial charge in [0.25, 0.3) is 5.91 Å². The quantitative estimate of drug-likeness (QED) is 0.400. The Hall–Kier alpha value is -1.82. The average Bonchev–Trinajstić information content (AvgIpc) is 3.53. The van der Waals surface area contributed by atoms with Crippen LogP contribution in [0.2, 0.25) is 25.7 Å². The standard InChI is InChI=1S/C24H39N5O4SSi/c1-24(2)9-10-29(34(3,31)32)15-20(24)27-23(30)18-14-28(16-33-11-12-35(4,5)6)22-21(18)26-19(13-25-22)17-7-8-17/h13-14,17,20H,7-12,15-16H2,1-6H3,(H,27,30). The lowest BCUT2D eigenvalue weighted by Crippen LogP contribution is -2.57. The molecule has 194 valence electrons. The second kappa shape index (κ2) is 9.57. The van der Waals surface area contributed by atoms with Crippen molar-refractivity contribution in [2.24, 2.45) is 5.41 Å². The summed E-state index contributed by atoms with van der Waals surface area (Å²) in [5.41, 5.74) is 2.35. The number of nitrogens with zero attached hydrogens (tertiary/aromatic N) is 4. The fourth-order valence-corrected chi connectivity index (χ4v) is 5.95. The molecule has 0 radical (unpaired) electrons. The van der Waals surface area contributed by atoms with E-state index in [1.54, 1.807) is 6.20 Å². The molecule has 1 atom stereocenters. The zero-order valence-electron chi connectivity index (χ0n) is 21.8. The largest absolute Gasteiger partial charge is 0.361 e. The molecule has 11 heteroatoms. The van der Waals surface area contributed by atoms with Crippen LogP contribution in [0.25, 0.3) is 11.2 Å². The summed E-state index contributed by atoms with van der Waals surface area (Å²) in [6, 6.07) is 0.745. The SMILES string of the molecule is CC1(C)CCN(S(C)(=O)=O)CC1NC(=O)c1cn(COCC[Si](C)(C)C)c2ncc(C3CC3)nc12. The number of sulfonamides is 1. The smallest absolute Gasteiger partial charge is 0.255 e. The number of ether oxygens (including phenoxy) is 1. The maximum Gasteiger partial charge on any atom is 0.255 e. The van der Waals surface area contributed by atoms with Crippen molar-refractivity contribution in [3.05, 3.63) is 23.7 Å². The summed E-state index contributed by atoms with van der Waals surface area (Å²) in [6.07, 6.45) is 7.67. The van der Waals surface area contributed by atoms with Crippen molar-refractivity contribution in [3.8, 4) is 0 Å². The Morgan fingerprint density at radius 1 is 1.29 bits per heavy atom. The van der Waals surface area contributed by atoms with Crippen LogP contribution in [-0.2, 0) is 21.5 Å². The summed E-state index contributed by atoms with van der Waals surface area (Å²) in [5, 5.41) is 3.12. The van der Waals surface area contributed by atoms with Crippen LogP contribution in [-0.4, -0.2) is 73.2 Å². The average molecular weight is 522 g/mol. The van der Waals surface area contributed by atoms with E-state index < -0.39 is 18.1 Å². The van der Waals surface area contributed by atoms with Crippen LogP contribution in [0.1, 0.15) is 55.1 Å². The maximum atomic E-state index is 13.5. The van der Waals surface area contributed by atoms with Gasteiger partial charge in [-0.1, -0.05) is 33.5 Å². The van der Waals surface area contributed by atoms with Crippen LogP contribution in [0.3, 0.4) is 0 Å². The molecule has 4 rings (SSSR count). The molecule has 0 spiro atoms. The van der Waals surface area contributed by atoms with Gasteiger partial charge in [-0.2, -0.15) is 0 Å². The van der Waals surface area contributed by atoms with Gasteiger partial charge >= 0.3 is 0 Å². The van der Waals surface area contributed by atoms with E-state index in [0.29, 0.717) is 48.9 Å². The van der Waals surface area contributed by atoms with E-state index in [9.17, 15) is 13.2 Å². The number of fused-ring (bicyclic) bond motifs is 1. The minimum Gasteiger partial charge on any atom is -0.361 e. The molecule has 2 aromatic heterocycles. The monoisotopic (exact) mass is 521 g/mol. The van der Waals surface area contributed by atoms with Crippen molar-refractivity contribution in [1.82, 2.24) is 24.2 Å². The number of hydrogen-bond acceptors (Lipinski definition) is 6. The highest BCUT2D eigenvalue weighted by molar-refractivity contribution is 7.88. The molecule has 2 aliphatic rings. The summed E-state index contributed by atoms with van der Waals surface area (Å²) >= 11 is 0. The Kier molecular flexibility index (Phi) is 7.17. The first-order valence-corrected chi connectivity index (χ1v) is 18.0. The normalized spacial score (nSPS) is 21.4. The van der Waals surface area contributed by atoms with Gasteiger partial charge in [-0.15, -0.1) is 0 Å². The third kappa shape index (κ3) is 6.30. The van der Waals surface area contributed by atoms with Gasteiger partial charge < -0.3 is 14.6 Å². The number of carbonyl (C=O) groups excluding carboxylic acids is 1. The van der Waals surface area contributed by atoms with E-state index in [1.807, 2.05) is 10.8 Å². The molecular formula is C24H39N5O4SSi. The van der Waals surface area contributed by atoms with Crippen LogP contribution in [0.5, 0.6) is 0 Å². The van der Waals surface area contributed by atoms with Gasteiger partial charge in [-0.3, -0.25) is 4.79 Å². The van der Waals surface area contributed by atoms with Crippen LogP contribution in [0, 0.1) is 5.41 Å². The fraction of sp³-hybridized carbons (Fsp3) is 0.708. The van der Waals surface area contributed by atoms with E-state index in [-0.39, 0.29) is 23.9 Å². The number of aromatic nitrogens is 3. The molecule has 1 amide bonds. The highest BCUT2D eigenvalue weighted by Crippen LogP contribution is 2.39. The Balaban J connectivity index is 1.59. The second-order valence-electron chi connectivity index (χ2n) is 12.0. The van der Waals surface area contributed by atoms with Crippen molar-refractivity contribution in [2.75, 3.05) is 26.0 Å². The van der Waals surface area contributed by atoms with Crippen molar-refractivity contribution >= 4 is 35.2 Å². The van der Waals surface area contributed by atoms with Gasteiger partial charge in [0.1, 0.15) is 12.2 Å². The third-order valence-electron chi connectivity index (χ3n) is 7.16. The predicted octanol–water partition coefficient (Wildman–Crippen LogP) is 3.41. The zero-order chi connectivity index (χ0) is 25.6. The minimum atomic E-state index is -3.33. The molecule has 1 saturated heterocycles. The lowest BCUT2D eigenvalue weighted by atomic mass is 9.78. The van der Waals surface area contributed by atoms with Crippen LogP contribution in [0.4, 0.5) is 0 Å². The van der Waals surface area contributed by atoms with Crippen LogP contribution >= 0.6 is 0 Å². The fourth-order valence-electron chi connectivity index (χ4n) is 4.35. The molecule has 35 heavy (non-hydrogen) atoms. The first kappa shape index (κ1) is 26.2. The molecule has 1 saturated carbocycles. The molecule has 9 nitrogen and oxygen atoms in total. The van der Waals surface area contributed by atoms with E-state index in [4.69, 9.17) is 9.72 Å². The number of amides is 1. The van der Waals surface area contributed by atoms with Gasteiger partial charge in [0, 0.05) is 45.9 Å². The molecule has 2 fully saturated rings. The highest BCUT2D eigenvalue weighted by atomic mass is 32.2. The molecule has 1 unspecified atom stereocenters. The van der Waals surface area contributed by atoms with E-state index in [1.165, 1.54) is 10.6 Å². The lowest BCUT2D eigenvalue weighted by Gasteiger charge is -2.43. The first-order chi connectivity index (χ1) is 16.2. The number of carbonyl (C=O) groups is 1. The predicted molar refractivity (Wildman–Crippen MR) is 140 cm³/mol. The molecule has 3 heterocycles. The van der Waals surface area contributed by atoms with Crippen molar-refractivity contribution in [1.29, 1.82) is 0 Å². The molecule has 1 aliphatic heterocycles. The van der Waals surface area contributed by atoms with Crippen molar-refractivity contribution < 1.29 is 17.9 Å². The number of rotatable bonds is 9. The summed E-state index contributed by atoms with van der Waals surface area (Å²) in [7, 11) is -4.54. The molecule has 1 N–H and O–H groups in total. The Labute approximate surface area is 209 Å². The summed E-state index contributed by atoms with van der Waals surface area (Å²) < 4.78 is 33.6. The van der Waals surface area contributed by atoms with Gasteiger partial charge in [0.05, 0.1) is 23.7 Å². The number of piperidine rings is 1. The van der Waals surface area contributed by atoms with Crippen molar-refractivity contribution in [2.45, 2.75) is 77.5 Å². The first-order valence-electron chi connectivity index (χ1n) is 12.4. The summed E-state index contributed by atoms with van der Waals surface area (Å²) in [5.74, 6) is 0.159. The lowest BCUT2D eigenvalue weighted by molar-refractivity contribution is 0.0811. The van der Waals surface area contributed by atoms with Crippen LogP contribution < -0.4 is 5.32 Å². The Bertz CT molecular complexity index is 1200. The Morgan fingerprint density at radius 2 is 2.00 bits per heavy atom. The van der Waals surface area contributed by atoms with Gasteiger partial charge in [0.15, 0.2) is 5.65 Å². The van der Waals surface area contributed by atoms with Crippen molar-refractivity contribution in [3.63, 3.8) is 0 Å². The van der Waals surface area contributed by atoms with E-state index in [0.717, 1.165) is 24.6 Å². The Morgan fingerprint density at radius 3 is 2.63 bits per heavy atom. The third-order valence-corrected chi connectivity index (χ3v) is 10.1. The van der Waals surface area contributed by atoms with Crippen LogP contribution in [0.15, 0.2) is 12.4 Å². The molecule has 1 aliphatic carbocycles. The minimum absolute atomic E-state index is 0.236. The zero-order valence-corrected chi connectivity index (χ0v) is 23.6. The van der Waals surface area contributed by atoms with E-state index in [2.05, 4.69) is 43.8 Å². The summed E-state index contributed by atoms with van der Waals surface area (Å²) in [6.45, 7) is 12.8. The summed E-state index contributed by atoms with van der Waals surface area (Å²) in [4.78, 5) is 23.0. The second-order valence-corrected chi connectivity index (χ2v) is 19.6. The molecule has 0 bridgehead atoms. The number of nitrogens with one attached hydrogen (secondary N) is 1.